The van der Waals surface area contributed by atoms with Crippen molar-refractivity contribution in [2.24, 2.45) is 5.73 Å². The van der Waals surface area contributed by atoms with Gasteiger partial charge >= 0.3 is 0 Å². The van der Waals surface area contributed by atoms with E-state index in [9.17, 15) is 0 Å². The van der Waals surface area contributed by atoms with E-state index in [1.54, 1.807) is 6.20 Å². The highest BCUT2D eigenvalue weighted by atomic mass is 32.2. The summed E-state index contributed by atoms with van der Waals surface area (Å²) in [7, 11) is 2.08. The van der Waals surface area contributed by atoms with Crippen molar-refractivity contribution in [1.29, 1.82) is 0 Å². The third kappa shape index (κ3) is 3.85. The molecule has 5 heteroatoms. The zero-order chi connectivity index (χ0) is 12.8. The molecule has 1 rings (SSSR count). The second-order valence-electron chi connectivity index (χ2n) is 3.90. The van der Waals surface area contributed by atoms with E-state index in [1.807, 2.05) is 23.9 Å². The summed E-state index contributed by atoms with van der Waals surface area (Å²) in [5.74, 6) is 2.07. The standard InChI is InChI=1S/C12H19N3S2/c1-4-10(8-17-3)15(2)11-6-5-9(7-14-11)12(13)16/h5-7,10H,4,8H2,1-3H3,(H2,13,16). The lowest BCUT2D eigenvalue weighted by atomic mass is 10.2. The van der Waals surface area contributed by atoms with E-state index >= 15 is 0 Å². The normalized spacial score (nSPS) is 12.2. The molecule has 1 unspecified atom stereocenters. The van der Waals surface area contributed by atoms with Crippen molar-refractivity contribution in [3.63, 3.8) is 0 Å². The lowest BCUT2D eigenvalue weighted by Gasteiger charge is -2.27. The number of nitrogens with two attached hydrogens (primary N) is 1. The van der Waals surface area contributed by atoms with Crippen LogP contribution in [0.4, 0.5) is 5.82 Å². The van der Waals surface area contributed by atoms with Gasteiger partial charge in [-0.1, -0.05) is 19.1 Å². The number of anilines is 1. The smallest absolute Gasteiger partial charge is 0.128 e. The molecule has 94 valence electrons. The average molecular weight is 269 g/mol. The number of hydrogen-bond acceptors (Lipinski definition) is 4. The van der Waals surface area contributed by atoms with Gasteiger partial charge in [0.2, 0.25) is 0 Å². The van der Waals surface area contributed by atoms with Crippen molar-refractivity contribution in [2.45, 2.75) is 19.4 Å². The molecule has 3 nitrogen and oxygen atoms in total. The third-order valence-electron chi connectivity index (χ3n) is 2.77. The van der Waals surface area contributed by atoms with E-state index in [4.69, 9.17) is 18.0 Å². The first-order chi connectivity index (χ1) is 8.10. The number of hydrogen-bond donors (Lipinski definition) is 1. The summed E-state index contributed by atoms with van der Waals surface area (Å²) in [4.78, 5) is 7.00. The summed E-state index contributed by atoms with van der Waals surface area (Å²) in [5, 5.41) is 0. The maximum atomic E-state index is 5.55. The van der Waals surface area contributed by atoms with Crippen molar-refractivity contribution in [1.82, 2.24) is 4.98 Å². The molecular weight excluding hydrogens is 250 g/mol. The van der Waals surface area contributed by atoms with Crippen LogP contribution in [-0.2, 0) is 0 Å². The van der Waals surface area contributed by atoms with Crippen LogP contribution in [0.15, 0.2) is 18.3 Å². The summed E-state index contributed by atoms with van der Waals surface area (Å²) in [6.07, 6.45) is 4.97. The van der Waals surface area contributed by atoms with Gasteiger partial charge in [0.05, 0.1) is 0 Å². The van der Waals surface area contributed by atoms with Crippen LogP contribution in [0.1, 0.15) is 18.9 Å². The van der Waals surface area contributed by atoms with E-state index in [1.165, 1.54) is 0 Å². The molecule has 0 aliphatic rings. The Balaban J connectivity index is 2.81. The zero-order valence-corrected chi connectivity index (χ0v) is 12.1. The zero-order valence-electron chi connectivity index (χ0n) is 10.5. The molecule has 2 N–H and O–H groups in total. The van der Waals surface area contributed by atoms with Crippen LogP contribution in [0, 0.1) is 0 Å². The summed E-state index contributed by atoms with van der Waals surface area (Å²) >= 11 is 6.76. The maximum Gasteiger partial charge on any atom is 0.128 e. The van der Waals surface area contributed by atoms with E-state index in [0.717, 1.165) is 23.6 Å². The molecule has 1 atom stereocenters. The molecular formula is C12H19N3S2. The molecule has 0 aliphatic heterocycles. The maximum absolute atomic E-state index is 5.55. The molecule has 0 aromatic carbocycles. The Morgan fingerprint density at radius 2 is 2.29 bits per heavy atom. The molecule has 0 bridgehead atoms. The fraction of sp³-hybridized carbons (Fsp3) is 0.500. The number of pyridine rings is 1. The van der Waals surface area contributed by atoms with Crippen LogP contribution >= 0.6 is 24.0 Å². The predicted molar refractivity (Wildman–Crippen MR) is 81.0 cm³/mol. The lowest BCUT2D eigenvalue weighted by Crippen LogP contribution is -2.33. The first-order valence-corrected chi connectivity index (χ1v) is 7.38. The summed E-state index contributed by atoms with van der Waals surface area (Å²) < 4.78 is 0. The van der Waals surface area contributed by atoms with Gasteiger partial charge in [0.15, 0.2) is 0 Å². The second-order valence-corrected chi connectivity index (χ2v) is 5.25. The van der Waals surface area contributed by atoms with Gasteiger partial charge in [-0.25, -0.2) is 4.98 Å². The molecule has 1 aromatic rings. The van der Waals surface area contributed by atoms with E-state index in [2.05, 4.69) is 30.1 Å². The molecule has 1 aromatic heterocycles. The SMILES string of the molecule is CCC(CSC)N(C)c1ccc(C(N)=S)cn1. The number of nitrogens with zero attached hydrogens (tertiary/aromatic N) is 2. The van der Waals surface area contributed by atoms with Crippen molar-refractivity contribution in [2.75, 3.05) is 24.0 Å². The molecule has 0 amide bonds. The van der Waals surface area contributed by atoms with E-state index in [-0.39, 0.29) is 0 Å². The fourth-order valence-electron chi connectivity index (χ4n) is 1.62. The minimum atomic E-state index is 0.392. The van der Waals surface area contributed by atoms with Gasteiger partial charge < -0.3 is 10.6 Å². The van der Waals surface area contributed by atoms with Gasteiger partial charge in [0, 0.05) is 30.6 Å². The molecule has 0 aliphatic carbocycles. The predicted octanol–water partition coefficient (Wildman–Crippen LogP) is 2.29. The number of thiocarbonyl (C=S) groups is 1. The summed E-state index contributed by atoms with van der Waals surface area (Å²) in [5.41, 5.74) is 6.36. The molecule has 0 saturated heterocycles. The van der Waals surface area contributed by atoms with Crippen molar-refractivity contribution in [3.05, 3.63) is 23.9 Å². The highest BCUT2D eigenvalue weighted by Crippen LogP contribution is 2.16. The highest BCUT2D eigenvalue weighted by Gasteiger charge is 2.13. The molecule has 1 heterocycles. The first kappa shape index (κ1) is 14.3. The molecule has 0 saturated carbocycles. The van der Waals surface area contributed by atoms with Crippen LogP contribution in [0.25, 0.3) is 0 Å². The summed E-state index contributed by atoms with van der Waals surface area (Å²) in [6.45, 7) is 2.20. The Hall–Kier alpha value is -0.810. The number of thioether (sulfide) groups is 1. The molecule has 0 fully saturated rings. The van der Waals surface area contributed by atoms with Crippen LogP contribution in [0.2, 0.25) is 0 Å². The molecule has 17 heavy (non-hydrogen) atoms. The van der Waals surface area contributed by atoms with Gasteiger partial charge in [-0.05, 0) is 24.8 Å². The Morgan fingerprint density at radius 3 is 2.71 bits per heavy atom. The minimum absolute atomic E-state index is 0.392. The van der Waals surface area contributed by atoms with Gasteiger partial charge in [0.1, 0.15) is 10.8 Å². The number of rotatable bonds is 6. The lowest BCUT2D eigenvalue weighted by molar-refractivity contribution is 0.666. The Bertz CT molecular complexity index is 365. The minimum Gasteiger partial charge on any atom is -0.389 e. The molecule has 0 radical (unpaired) electrons. The summed E-state index contributed by atoms with van der Waals surface area (Å²) in [6, 6.07) is 4.40. The van der Waals surface area contributed by atoms with Gasteiger partial charge in [-0.2, -0.15) is 11.8 Å². The largest absolute Gasteiger partial charge is 0.389 e. The average Bonchev–Trinajstić information content (AvgIpc) is 2.35. The van der Waals surface area contributed by atoms with Gasteiger partial charge in [-0.3, -0.25) is 0 Å². The monoisotopic (exact) mass is 269 g/mol. The second kappa shape index (κ2) is 6.81. The van der Waals surface area contributed by atoms with Crippen molar-refractivity contribution < 1.29 is 0 Å². The Kier molecular flexibility index (Phi) is 5.71. The van der Waals surface area contributed by atoms with Crippen LogP contribution in [0.5, 0.6) is 0 Å². The number of aromatic nitrogens is 1. The van der Waals surface area contributed by atoms with Crippen LogP contribution < -0.4 is 10.6 Å². The third-order valence-corrected chi connectivity index (χ3v) is 3.73. The fourth-order valence-corrected chi connectivity index (χ4v) is 2.59. The Morgan fingerprint density at radius 1 is 1.59 bits per heavy atom. The molecule has 0 spiro atoms. The first-order valence-electron chi connectivity index (χ1n) is 5.57. The quantitative estimate of drug-likeness (QED) is 0.803. The van der Waals surface area contributed by atoms with Crippen LogP contribution in [0.3, 0.4) is 0 Å². The van der Waals surface area contributed by atoms with Crippen molar-refractivity contribution >= 4 is 34.8 Å². The van der Waals surface area contributed by atoms with E-state index < -0.39 is 0 Å². The van der Waals surface area contributed by atoms with Crippen LogP contribution in [-0.4, -0.2) is 35.1 Å². The van der Waals surface area contributed by atoms with Crippen molar-refractivity contribution in [3.8, 4) is 0 Å². The topological polar surface area (TPSA) is 42.1 Å². The Labute approximate surface area is 113 Å². The van der Waals surface area contributed by atoms with Gasteiger partial charge in [-0.15, -0.1) is 0 Å². The van der Waals surface area contributed by atoms with E-state index in [0.29, 0.717) is 11.0 Å². The highest BCUT2D eigenvalue weighted by molar-refractivity contribution is 7.98. The van der Waals surface area contributed by atoms with Gasteiger partial charge in [0.25, 0.3) is 0 Å².